The van der Waals surface area contributed by atoms with Crippen molar-refractivity contribution in [2.75, 3.05) is 0 Å². The number of para-hydroxylation sites is 1. The number of nitrogens with one attached hydrogen (secondary N) is 1. The highest BCUT2D eigenvalue weighted by Crippen LogP contribution is 2.35. The average molecular weight is 315 g/mol. The van der Waals surface area contributed by atoms with Crippen LogP contribution in [0.1, 0.15) is 18.1 Å². The van der Waals surface area contributed by atoms with Gasteiger partial charge in [-0.2, -0.15) is 0 Å². The van der Waals surface area contributed by atoms with Gasteiger partial charge in [-0.05, 0) is 41.5 Å². The number of H-pyrrole nitrogens is 1. The summed E-state index contributed by atoms with van der Waals surface area (Å²) in [6.45, 7) is 2.82. The summed E-state index contributed by atoms with van der Waals surface area (Å²) in [5, 5.41) is 3.00. The van der Waals surface area contributed by atoms with Crippen molar-refractivity contribution in [3.63, 3.8) is 0 Å². The fraction of sp³-hybridized carbons (Fsp3) is 0.200. The fourth-order valence-electron chi connectivity index (χ4n) is 3.94. The highest BCUT2D eigenvalue weighted by molar-refractivity contribution is 5.93. The standard InChI is InChI=1S/C20H17N3O/c1-2-12-10-21-11-16-15(12)9-18-19-14(7-8-23(18)20(16)24)13-5-3-4-6-17(13)22-19/h3-6,9-11,22H,2,7-8H2,1H3. The first-order chi connectivity index (χ1) is 11.8. The van der Waals surface area contributed by atoms with Crippen LogP contribution in [0.25, 0.3) is 33.1 Å². The second-order valence-corrected chi connectivity index (χ2v) is 6.37. The number of hydrogen-bond donors (Lipinski definition) is 1. The second kappa shape index (κ2) is 4.81. The van der Waals surface area contributed by atoms with Gasteiger partial charge in [0.05, 0.1) is 16.8 Å². The Morgan fingerprint density at radius 3 is 2.92 bits per heavy atom. The molecule has 1 aliphatic heterocycles. The highest BCUT2D eigenvalue weighted by atomic mass is 16.1. The minimum Gasteiger partial charge on any atom is -0.353 e. The van der Waals surface area contributed by atoms with E-state index >= 15 is 0 Å². The van der Waals surface area contributed by atoms with Gasteiger partial charge in [0, 0.05) is 29.8 Å². The molecule has 1 aliphatic rings. The zero-order valence-corrected chi connectivity index (χ0v) is 13.5. The van der Waals surface area contributed by atoms with Crippen LogP contribution in [0.15, 0.2) is 47.5 Å². The lowest BCUT2D eigenvalue weighted by Crippen LogP contribution is -2.26. The molecule has 24 heavy (non-hydrogen) atoms. The molecule has 0 amide bonds. The molecule has 0 unspecified atom stereocenters. The van der Waals surface area contributed by atoms with Crippen molar-refractivity contribution in [1.82, 2.24) is 14.5 Å². The molecule has 0 aliphatic carbocycles. The molecule has 4 nitrogen and oxygen atoms in total. The van der Waals surface area contributed by atoms with E-state index in [4.69, 9.17) is 0 Å². The maximum absolute atomic E-state index is 13.0. The Balaban J connectivity index is 1.91. The Bertz CT molecular complexity index is 1170. The van der Waals surface area contributed by atoms with Crippen LogP contribution in [0.4, 0.5) is 0 Å². The number of aromatic nitrogens is 3. The zero-order valence-electron chi connectivity index (χ0n) is 13.5. The van der Waals surface area contributed by atoms with Gasteiger partial charge >= 0.3 is 0 Å². The minimum absolute atomic E-state index is 0.0645. The van der Waals surface area contributed by atoms with Gasteiger partial charge in [0.15, 0.2) is 0 Å². The lowest BCUT2D eigenvalue weighted by molar-refractivity contribution is 0.665. The number of fused-ring (bicyclic) bond motifs is 6. The van der Waals surface area contributed by atoms with Gasteiger partial charge in [-0.15, -0.1) is 0 Å². The van der Waals surface area contributed by atoms with Crippen LogP contribution in [-0.2, 0) is 19.4 Å². The summed E-state index contributed by atoms with van der Waals surface area (Å²) < 4.78 is 1.89. The van der Waals surface area contributed by atoms with Crippen molar-refractivity contribution >= 4 is 21.7 Å². The van der Waals surface area contributed by atoms with E-state index in [-0.39, 0.29) is 5.56 Å². The number of nitrogens with zero attached hydrogens (tertiary/aromatic N) is 2. The molecule has 1 aromatic carbocycles. The van der Waals surface area contributed by atoms with E-state index in [1.54, 1.807) is 6.20 Å². The van der Waals surface area contributed by atoms with Crippen LogP contribution in [0.3, 0.4) is 0 Å². The predicted octanol–water partition coefficient (Wildman–Crippen LogP) is 3.66. The Morgan fingerprint density at radius 2 is 2.04 bits per heavy atom. The van der Waals surface area contributed by atoms with Gasteiger partial charge in [-0.3, -0.25) is 9.78 Å². The molecule has 4 heteroatoms. The summed E-state index contributed by atoms with van der Waals surface area (Å²) >= 11 is 0. The summed E-state index contributed by atoms with van der Waals surface area (Å²) in [5.74, 6) is 0. The van der Waals surface area contributed by atoms with Gasteiger partial charge in [-0.1, -0.05) is 25.1 Å². The van der Waals surface area contributed by atoms with E-state index in [0.717, 1.165) is 52.6 Å². The first-order valence-electron chi connectivity index (χ1n) is 8.38. The molecule has 0 saturated heterocycles. The Hall–Kier alpha value is -2.88. The SMILES string of the molecule is CCc1cncc2c(=O)n3c(cc12)-c1[nH]c2ccccc2c1CC3. The molecule has 0 fully saturated rings. The lowest BCUT2D eigenvalue weighted by Gasteiger charge is -2.20. The molecular weight excluding hydrogens is 298 g/mol. The summed E-state index contributed by atoms with van der Waals surface area (Å²) in [7, 11) is 0. The number of benzene rings is 1. The van der Waals surface area contributed by atoms with E-state index in [0.29, 0.717) is 0 Å². The summed E-state index contributed by atoms with van der Waals surface area (Å²) in [6.07, 6.45) is 5.31. The van der Waals surface area contributed by atoms with Crippen molar-refractivity contribution in [1.29, 1.82) is 0 Å². The van der Waals surface area contributed by atoms with Crippen LogP contribution in [0, 0.1) is 0 Å². The van der Waals surface area contributed by atoms with Crippen LogP contribution in [-0.4, -0.2) is 14.5 Å². The Labute approximate surface area is 138 Å². The maximum Gasteiger partial charge on any atom is 0.260 e. The molecule has 0 atom stereocenters. The Morgan fingerprint density at radius 1 is 1.17 bits per heavy atom. The van der Waals surface area contributed by atoms with E-state index < -0.39 is 0 Å². The molecule has 5 rings (SSSR count). The van der Waals surface area contributed by atoms with Crippen LogP contribution in [0.5, 0.6) is 0 Å². The maximum atomic E-state index is 13.0. The molecular formula is C20H17N3O. The fourth-order valence-corrected chi connectivity index (χ4v) is 3.94. The molecule has 118 valence electrons. The Kier molecular flexibility index (Phi) is 2.71. The molecule has 0 spiro atoms. The van der Waals surface area contributed by atoms with Gasteiger partial charge in [0.25, 0.3) is 5.56 Å². The largest absolute Gasteiger partial charge is 0.353 e. The predicted molar refractivity (Wildman–Crippen MR) is 96.4 cm³/mol. The van der Waals surface area contributed by atoms with E-state index in [1.807, 2.05) is 16.8 Å². The van der Waals surface area contributed by atoms with E-state index in [9.17, 15) is 4.79 Å². The smallest absolute Gasteiger partial charge is 0.260 e. The van der Waals surface area contributed by atoms with Gasteiger partial charge in [0.1, 0.15) is 0 Å². The number of rotatable bonds is 1. The van der Waals surface area contributed by atoms with Crippen molar-refractivity contribution in [3.05, 3.63) is 64.2 Å². The molecule has 3 aromatic heterocycles. The number of pyridine rings is 2. The van der Waals surface area contributed by atoms with Crippen molar-refractivity contribution in [3.8, 4) is 11.4 Å². The van der Waals surface area contributed by atoms with Crippen molar-refractivity contribution in [2.45, 2.75) is 26.3 Å². The third-order valence-corrected chi connectivity index (χ3v) is 5.15. The van der Waals surface area contributed by atoms with E-state index in [1.165, 1.54) is 10.9 Å². The third kappa shape index (κ3) is 1.68. The van der Waals surface area contributed by atoms with Crippen LogP contribution < -0.4 is 5.56 Å². The normalized spacial score (nSPS) is 13.2. The van der Waals surface area contributed by atoms with E-state index in [2.05, 4.69) is 41.2 Å². The number of aryl methyl sites for hydroxylation is 2. The molecule has 1 N–H and O–H groups in total. The second-order valence-electron chi connectivity index (χ2n) is 6.37. The van der Waals surface area contributed by atoms with Crippen LogP contribution >= 0.6 is 0 Å². The van der Waals surface area contributed by atoms with Crippen molar-refractivity contribution < 1.29 is 0 Å². The summed E-state index contributed by atoms with van der Waals surface area (Å²) in [6, 6.07) is 10.5. The lowest BCUT2D eigenvalue weighted by atomic mass is 9.99. The topological polar surface area (TPSA) is 50.7 Å². The first kappa shape index (κ1) is 13.5. The highest BCUT2D eigenvalue weighted by Gasteiger charge is 2.23. The van der Waals surface area contributed by atoms with Gasteiger partial charge in [-0.25, -0.2) is 0 Å². The molecule has 0 bridgehead atoms. The third-order valence-electron chi connectivity index (χ3n) is 5.15. The molecule has 4 heterocycles. The zero-order chi connectivity index (χ0) is 16.3. The first-order valence-corrected chi connectivity index (χ1v) is 8.38. The van der Waals surface area contributed by atoms with Crippen LogP contribution in [0.2, 0.25) is 0 Å². The molecule has 4 aromatic rings. The number of hydrogen-bond acceptors (Lipinski definition) is 2. The quantitative estimate of drug-likeness (QED) is 0.583. The number of aromatic amines is 1. The summed E-state index contributed by atoms with van der Waals surface area (Å²) in [4.78, 5) is 20.8. The van der Waals surface area contributed by atoms with Crippen molar-refractivity contribution in [2.24, 2.45) is 0 Å². The molecule has 0 saturated carbocycles. The minimum atomic E-state index is 0.0645. The van der Waals surface area contributed by atoms with Gasteiger partial charge < -0.3 is 9.55 Å². The molecule has 0 radical (unpaired) electrons. The average Bonchev–Trinajstić information content (AvgIpc) is 3.01. The summed E-state index contributed by atoms with van der Waals surface area (Å²) in [5.41, 5.74) is 5.71. The monoisotopic (exact) mass is 315 g/mol. The van der Waals surface area contributed by atoms with Gasteiger partial charge in [0.2, 0.25) is 0 Å².